The summed E-state index contributed by atoms with van der Waals surface area (Å²) < 4.78 is 16.3. The maximum Gasteiger partial charge on any atom is 0.330 e. The summed E-state index contributed by atoms with van der Waals surface area (Å²) in [6, 6.07) is 0. The number of allylic oxidation sites excluding steroid dienone is 2. The van der Waals surface area contributed by atoms with Crippen LogP contribution in [-0.4, -0.2) is 41.1 Å². The van der Waals surface area contributed by atoms with Gasteiger partial charge in [0.15, 0.2) is 11.9 Å². The van der Waals surface area contributed by atoms with Crippen molar-refractivity contribution in [1.29, 1.82) is 0 Å². The lowest BCUT2D eigenvalue weighted by molar-refractivity contribution is -0.168. The molecule has 1 fully saturated rings. The molecule has 3 rings (SSSR count). The summed E-state index contributed by atoms with van der Waals surface area (Å²) in [6.45, 7) is 3.13. The Kier molecular flexibility index (Phi) is 3.66. The second-order valence-corrected chi connectivity index (χ2v) is 5.78. The van der Waals surface area contributed by atoms with E-state index < -0.39 is 36.0 Å². The molecule has 0 aromatic heterocycles. The number of hydrogen-bond acceptors (Lipinski definition) is 6. The molecule has 6 nitrogen and oxygen atoms in total. The van der Waals surface area contributed by atoms with Crippen LogP contribution in [0.4, 0.5) is 0 Å². The Morgan fingerprint density at radius 2 is 2.14 bits per heavy atom. The predicted octanol–water partition coefficient (Wildman–Crippen LogP) is 0.865. The van der Waals surface area contributed by atoms with E-state index >= 15 is 0 Å². The fourth-order valence-corrected chi connectivity index (χ4v) is 3.28. The zero-order chi connectivity index (χ0) is 15.9. The monoisotopic (exact) mass is 306 g/mol. The second-order valence-electron chi connectivity index (χ2n) is 5.78. The molecule has 2 bridgehead atoms. The number of esters is 2. The maximum atomic E-state index is 11.6. The lowest BCUT2D eigenvalue weighted by atomic mass is 9.79. The number of fused-ring (bicyclic) bond motifs is 2. The quantitative estimate of drug-likeness (QED) is 0.762. The number of carbonyl (C=O) groups is 2. The van der Waals surface area contributed by atoms with E-state index in [0.29, 0.717) is 0 Å². The lowest BCUT2D eigenvalue weighted by Crippen LogP contribution is -2.47. The molecule has 0 saturated carbocycles. The van der Waals surface area contributed by atoms with E-state index in [1.165, 1.54) is 19.1 Å². The van der Waals surface area contributed by atoms with Gasteiger partial charge in [0, 0.05) is 24.8 Å². The van der Waals surface area contributed by atoms with Crippen molar-refractivity contribution in [3.05, 3.63) is 36.5 Å². The Balaban J connectivity index is 1.92. The van der Waals surface area contributed by atoms with Crippen LogP contribution in [-0.2, 0) is 23.8 Å². The fraction of sp³-hybridized carbons (Fsp3) is 0.500. The Morgan fingerprint density at radius 1 is 1.36 bits per heavy atom. The highest BCUT2D eigenvalue weighted by Crippen LogP contribution is 2.45. The van der Waals surface area contributed by atoms with Crippen LogP contribution < -0.4 is 0 Å². The second kappa shape index (κ2) is 5.37. The molecule has 3 aliphatic rings. The van der Waals surface area contributed by atoms with Crippen LogP contribution in [0.2, 0.25) is 0 Å². The van der Waals surface area contributed by atoms with Gasteiger partial charge in [-0.2, -0.15) is 0 Å². The van der Waals surface area contributed by atoms with Crippen LogP contribution in [0.25, 0.3) is 0 Å². The van der Waals surface area contributed by atoms with Crippen LogP contribution in [0, 0.1) is 11.8 Å². The van der Waals surface area contributed by atoms with Crippen LogP contribution in [0.3, 0.4) is 0 Å². The molecule has 0 aliphatic carbocycles. The predicted molar refractivity (Wildman–Crippen MR) is 75.3 cm³/mol. The molecule has 22 heavy (non-hydrogen) atoms. The first-order chi connectivity index (χ1) is 10.4. The number of ether oxygens (including phenoxy) is 3. The van der Waals surface area contributed by atoms with Crippen LogP contribution in [0.15, 0.2) is 36.5 Å². The molecule has 1 saturated heterocycles. The van der Waals surface area contributed by atoms with Gasteiger partial charge in [0.05, 0.1) is 6.10 Å². The van der Waals surface area contributed by atoms with E-state index in [2.05, 4.69) is 0 Å². The summed E-state index contributed by atoms with van der Waals surface area (Å²) in [5.41, 5.74) is 0. The van der Waals surface area contributed by atoms with Crippen LogP contribution in [0.1, 0.15) is 13.8 Å². The standard InChI is InChI=1S/C16H18O6/c1-9-14(11-5-3-4-8-16(9,19)22-11)15-12(20-10(2)17)6-7-13(18)21-15/h3-9,11-12,14-15,19H,1-2H3. The molecule has 3 aliphatic heterocycles. The number of aliphatic hydroxyl groups is 1. The minimum absolute atomic E-state index is 0.329. The maximum absolute atomic E-state index is 11.6. The van der Waals surface area contributed by atoms with Crippen molar-refractivity contribution >= 4 is 11.9 Å². The van der Waals surface area contributed by atoms with Crippen molar-refractivity contribution in [2.75, 3.05) is 0 Å². The van der Waals surface area contributed by atoms with Gasteiger partial charge in [-0.3, -0.25) is 4.79 Å². The van der Waals surface area contributed by atoms with Gasteiger partial charge in [-0.05, 0) is 12.2 Å². The van der Waals surface area contributed by atoms with E-state index in [1.54, 1.807) is 24.3 Å². The van der Waals surface area contributed by atoms with Crippen LogP contribution >= 0.6 is 0 Å². The molecular weight excluding hydrogens is 288 g/mol. The van der Waals surface area contributed by atoms with Gasteiger partial charge in [0.2, 0.25) is 0 Å². The van der Waals surface area contributed by atoms with Gasteiger partial charge in [0.1, 0.15) is 6.10 Å². The van der Waals surface area contributed by atoms with Gasteiger partial charge in [-0.1, -0.05) is 25.2 Å². The summed E-state index contributed by atoms with van der Waals surface area (Å²) in [5, 5.41) is 10.6. The molecule has 3 heterocycles. The van der Waals surface area contributed by atoms with Crippen molar-refractivity contribution in [3.63, 3.8) is 0 Å². The van der Waals surface area contributed by atoms with Crippen molar-refractivity contribution in [2.24, 2.45) is 11.8 Å². The minimum atomic E-state index is -1.42. The number of rotatable bonds is 2. The first kappa shape index (κ1) is 15.0. The van der Waals surface area contributed by atoms with E-state index in [1.807, 2.05) is 6.92 Å². The smallest absolute Gasteiger partial charge is 0.330 e. The van der Waals surface area contributed by atoms with Gasteiger partial charge in [-0.25, -0.2) is 4.79 Å². The molecule has 118 valence electrons. The van der Waals surface area contributed by atoms with E-state index in [0.717, 1.165) is 0 Å². The number of hydrogen-bond donors (Lipinski definition) is 1. The van der Waals surface area contributed by atoms with Crippen molar-refractivity contribution in [3.8, 4) is 0 Å². The Morgan fingerprint density at radius 3 is 2.86 bits per heavy atom. The van der Waals surface area contributed by atoms with Crippen molar-refractivity contribution in [2.45, 2.75) is 37.9 Å². The van der Waals surface area contributed by atoms with E-state index in [9.17, 15) is 14.7 Å². The van der Waals surface area contributed by atoms with Crippen LogP contribution in [0.5, 0.6) is 0 Å². The summed E-state index contributed by atoms with van der Waals surface area (Å²) in [7, 11) is 0. The average Bonchev–Trinajstić information content (AvgIpc) is 2.59. The third-order valence-corrected chi connectivity index (χ3v) is 4.36. The molecule has 0 spiro atoms. The molecule has 0 aromatic carbocycles. The highest BCUT2D eigenvalue weighted by atomic mass is 16.6. The third-order valence-electron chi connectivity index (χ3n) is 4.36. The van der Waals surface area contributed by atoms with Gasteiger partial charge < -0.3 is 19.3 Å². The molecule has 0 aromatic rings. The van der Waals surface area contributed by atoms with E-state index in [-0.39, 0.29) is 11.8 Å². The normalized spacial score (nSPS) is 42.9. The average molecular weight is 306 g/mol. The van der Waals surface area contributed by atoms with Gasteiger partial charge >= 0.3 is 11.9 Å². The molecule has 6 atom stereocenters. The Hall–Kier alpha value is -1.92. The first-order valence-corrected chi connectivity index (χ1v) is 7.23. The zero-order valence-corrected chi connectivity index (χ0v) is 12.3. The SMILES string of the molecule is CC(=O)OC1C=CC(=O)OC1C1C2C=CC=CC(O)(O2)C1C. The third kappa shape index (κ3) is 2.48. The largest absolute Gasteiger partial charge is 0.454 e. The summed E-state index contributed by atoms with van der Waals surface area (Å²) in [5.74, 6) is -3.04. The number of carbonyl (C=O) groups excluding carboxylic acids is 2. The first-order valence-electron chi connectivity index (χ1n) is 7.23. The summed E-state index contributed by atoms with van der Waals surface area (Å²) >= 11 is 0. The molecule has 6 heteroatoms. The molecule has 0 amide bonds. The lowest BCUT2D eigenvalue weighted by Gasteiger charge is -2.35. The molecule has 0 radical (unpaired) electrons. The van der Waals surface area contributed by atoms with Gasteiger partial charge in [0.25, 0.3) is 0 Å². The topological polar surface area (TPSA) is 82.1 Å². The summed E-state index contributed by atoms with van der Waals surface area (Å²) in [6.07, 6.45) is 7.83. The fourth-order valence-electron chi connectivity index (χ4n) is 3.28. The highest BCUT2D eigenvalue weighted by molar-refractivity contribution is 5.83. The zero-order valence-electron chi connectivity index (χ0n) is 12.3. The van der Waals surface area contributed by atoms with Crippen molar-refractivity contribution < 1.29 is 28.9 Å². The van der Waals surface area contributed by atoms with E-state index in [4.69, 9.17) is 14.2 Å². The van der Waals surface area contributed by atoms with Crippen molar-refractivity contribution in [1.82, 2.24) is 0 Å². The molecule has 6 unspecified atom stereocenters. The molecular formula is C16H18O6. The summed E-state index contributed by atoms with van der Waals surface area (Å²) in [4.78, 5) is 22.9. The number of cyclic esters (lactones) is 1. The molecule has 1 N–H and O–H groups in total. The highest BCUT2D eigenvalue weighted by Gasteiger charge is 2.56. The minimum Gasteiger partial charge on any atom is -0.454 e. The van der Waals surface area contributed by atoms with Gasteiger partial charge in [-0.15, -0.1) is 0 Å². The Bertz CT molecular complexity index is 577. The Labute approximate surface area is 128 Å².